The maximum Gasteiger partial charge on any atom is 0.176 e. The lowest BCUT2D eigenvalue weighted by molar-refractivity contribution is -0.113. The molecule has 74 valence electrons. The fraction of sp³-hybridized carbons (Fsp3) is 0.750. The van der Waals surface area contributed by atoms with Crippen LogP contribution in [0, 0.1) is 0 Å². The number of aldehydes is 1. The third kappa shape index (κ3) is 2.26. The van der Waals surface area contributed by atoms with Crippen molar-refractivity contribution in [3.8, 4) is 0 Å². The van der Waals surface area contributed by atoms with Gasteiger partial charge in [-0.2, -0.15) is 5.01 Å². The van der Waals surface area contributed by atoms with Crippen LogP contribution in [0.15, 0.2) is 4.99 Å². The fourth-order valence-electron chi connectivity index (χ4n) is 1.44. The molecule has 0 saturated carbocycles. The molecule has 0 aliphatic carbocycles. The molecule has 0 aromatic rings. The monoisotopic (exact) mass is 185 g/mol. The first-order valence-corrected chi connectivity index (χ1v) is 4.45. The van der Waals surface area contributed by atoms with Crippen LogP contribution in [0.5, 0.6) is 0 Å². The maximum absolute atomic E-state index is 10.6. The molecular formula is C8H15N3O2. The molecule has 0 aromatic carbocycles. The summed E-state index contributed by atoms with van der Waals surface area (Å²) in [4.78, 5) is 14.5. The number of carbonyl (C=O) groups is 1. The molecule has 2 atom stereocenters. The third-order valence-electron chi connectivity index (χ3n) is 2.17. The Labute approximate surface area is 77.4 Å². The van der Waals surface area contributed by atoms with Crippen molar-refractivity contribution in [1.29, 1.82) is 0 Å². The van der Waals surface area contributed by atoms with Crippen LogP contribution in [0.25, 0.3) is 0 Å². The van der Waals surface area contributed by atoms with Gasteiger partial charge in [-0.1, -0.05) is 6.92 Å². The highest BCUT2D eigenvalue weighted by molar-refractivity contribution is 5.66. The minimum Gasteiger partial charge on any atom is -0.396 e. The molecule has 0 fully saturated rings. The highest BCUT2D eigenvalue weighted by atomic mass is 16.3. The van der Waals surface area contributed by atoms with E-state index in [9.17, 15) is 4.79 Å². The Morgan fingerprint density at radius 2 is 2.62 bits per heavy atom. The van der Waals surface area contributed by atoms with Gasteiger partial charge in [0.15, 0.2) is 12.5 Å². The summed E-state index contributed by atoms with van der Waals surface area (Å²) in [5, 5.41) is 10.6. The number of rotatable bonds is 5. The summed E-state index contributed by atoms with van der Waals surface area (Å²) in [6.07, 6.45) is 3.39. The van der Waals surface area contributed by atoms with Gasteiger partial charge in [-0.25, -0.2) is 4.99 Å². The lowest BCUT2D eigenvalue weighted by Crippen LogP contribution is -2.47. The van der Waals surface area contributed by atoms with E-state index in [0.29, 0.717) is 6.42 Å². The molecule has 5 nitrogen and oxygen atoms in total. The second kappa shape index (κ2) is 4.94. The van der Waals surface area contributed by atoms with Crippen LogP contribution in [0.4, 0.5) is 0 Å². The minimum absolute atomic E-state index is 0.127. The van der Waals surface area contributed by atoms with Gasteiger partial charge in [0.1, 0.15) is 0 Å². The van der Waals surface area contributed by atoms with Gasteiger partial charge in [0.2, 0.25) is 0 Å². The smallest absolute Gasteiger partial charge is 0.176 e. The summed E-state index contributed by atoms with van der Waals surface area (Å²) in [5.41, 5.74) is 2.89. The van der Waals surface area contributed by atoms with Crippen LogP contribution in [0.2, 0.25) is 0 Å². The predicted octanol–water partition coefficient (Wildman–Crippen LogP) is -0.479. The van der Waals surface area contributed by atoms with Crippen LogP contribution in [0.1, 0.15) is 19.8 Å². The normalized spacial score (nSPS) is 24.3. The van der Waals surface area contributed by atoms with Crippen LogP contribution in [-0.2, 0) is 4.79 Å². The van der Waals surface area contributed by atoms with Crippen molar-refractivity contribution >= 4 is 12.6 Å². The molecule has 1 aliphatic rings. The average molecular weight is 185 g/mol. The van der Waals surface area contributed by atoms with Gasteiger partial charge in [-0.3, -0.25) is 4.79 Å². The zero-order valence-corrected chi connectivity index (χ0v) is 7.68. The van der Waals surface area contributed by atoms with Gasteiger partial charge >= 0.3 is 0 Å². The zero-order chi connectivity index (χ0) is 9.68. The quantitative estimate of drug-likeness (QED) is 0.568. The minimum atomic E-state index is -0.434. The van der Waals surface area contributed by atoms with Gasteiger partial charge in [-0.05, 0) is 12.8 Å². The Morgan fingerprint density at radius 1 is 1.85 bits per heavy atom. The van der Waals surface area contributed by atoms with Crippen molar-refractivity contribution in [2.24, 2.45) is 4.99 Å². The Balaban J connectivity index is 2.53. The van der Waals surface area contributed by atoms with E-state index < -0.39 is 6.17 Å². The molecule has 1 heterocycles. The van der Waals surface area contributed by atoms with E-state index in [0.717, 1.165) is 12.7 Å². The maximum atomic E-state index is 10.6. The van der Waals surface area contributed by atoms with Crippen molar-refractivity contribution < 1.29 is 9.90 Å². The first-order chi connectivity index (χ1) is 6.33. The van der Waals surface area contributed by atoms with E-state index in [1.54, 1.807) is 5.01 Å². The topological polar surface area (TPSA) is 64.9 Å². The molecule has 5 heteroatoms. The number of carbonyl (C=O) groups excluding carboxylic acids is 1. The molecule has 0 bridgehead atoms. The Bertz CT molecular complexity index is 196. The molecule has 0 aromatic heterocycles. The molecular weight excluding hydrogens is 170 g/mol. The molecule has 0 saturated heterocycles. The largest absolute Gasteiger partial charge is 0.396 e. The van der Waals surface area contributed by atoms with E-state index in [1.807, 2.05) is 6.92 Å². The first kappa shape index (κ1) is 10.1. The molecule has 0 spiro atoms. The van der Waals surface area contributed by atoms with Gasteiger partial charge in [0, 0.05) is 12.6 Å². The summed E-state index contributed by atoms with van der Waals surface area (Å²) < 4.78 is 0. The number of nitrogens with zero attached hydrogens (tertiary/aromatic N) is 2. The number of hydrogen-bond acceptors (Lipinski definition) is 5. The Kier molecular flexibility index (Phi) is 3.85. The highest BCUT2D eigenvalue weighted by Gasteiger charge is 2.26. The summed E-state index contributed by atoms with van der Waals surface area (Å²) in [6.45, 7) is 2.14. The van der Waals surface area contributed by atoms with Gasteiger partial charge < -0.3 is 10.5 Å². The molecule has 1 rings (SSSR count). The van der Waals surface area contributed by atoms with E-state index in [2.05, 4.69) is 10.4 Å². The highest BCUT2D eigenvalue weighted by Crippen LogP contribution is 2.11. The van der Waals surface area contributed by atoms with E-state index in [4.69, 9.17) is 5.11 Å². The van der Waals surface area contributed by atoms with Crippen LogP contribution < -0.4 is 5.43 Å². The predicted molar refractivity (Wildman–Crippen MR) is 49.1 cm³/mol. The third-order valence-corrected chi connectivity index (χ3v) is 2.17. The van der Waals surface area contributed by atoms with E-state index >= 15 is 0 Å². The van der Waals surface area contributed by atoms with Crippen molar-refractivity contribution in [3.05, 3.63) is 0 Å². The van der Waals surface area contributed by atoms with Gasteiger partial charge in [0.25, 0.3) is 0 Å². The standard InChI is InChI=1S/C8H15N3O2/c1-2-7(3-4-12)11-8(5-13)9-6-10-11/h5-8,12H,2-4H2,1H3,(H,9,10)/t7-,8?/m1/s1. The van der Waals surface area contributed by atoms with Crippen LogP contribution in [0.3, 0.4) is 0 Å². The SMILES string of the molecule is CC[C@H](CCO)N1NC=NC1C=O. The molecule has 2 N–H and O–H groups in total. The molecule has 1 aliphatic heterocycles. The van der Waals surface area contributed by atoms with Gasteiger partial charge in [-0.15, -0.1) is 0 Å². The number of aliphatic imine (C=N–C) groups is 1. The molecule has 1 unspecified atom stereocenters. The number of aliphatic hydroxyl groups excluding tert-OH is 1. The Morgan fingerprint density at radius 3 is 3.15 bits per heavy atom. The first-order valence-electron chi connectivity index (χ1n) is 4.45. The van der Waals surface area contributed by atoms with E-state index in [-0.39, 0.29) is 12.6 Å². The van der Waals surface area contributed by atoms with Crippen LogP contribution in [-0.4, -0.2) is 41.6 Å². The number of hydrazine groups is 1. The second-order valence-corrected chi connectivity index (χ2v) is 2.94. The van der Waals surface area contributed by atoms with Crippen molar-refractivity contribution in [2.45, 2.75) is 32.0 Å². The summed E-state index contributed by atoms with van der Waals surface area (Å²) in [6, 6.07) is 0.155. The van der Waals surface area contributed by atoms with Crippen LogP contribution >= 0.6 is 0 Å². The summed E-state index contributed by atoms with van der Waals surface area (Å²) >= 11 is 0. The number of hydrogen-bond donors (Lipinski definition) is 2. The van der Waals surface area contributed by atoms with Crippen molar-refractivity contribution in [2.75, 3.05) is 6.61 Å². The molecule has 13 heavy (non-hydrogen) atoms. The number of aliphatic hydroxyl groups is 1. The lowest BCUT2D eigenvalue weighted by Gasteiger charge is -2.27. The van der Waals surface area contributed by atoms with Gasteiger partial charge in [0.05, 0.1) is 6.34 Å². The summed E-state index contributed by atoms with van der Waals surface area (Å²) in [5.74, 6) is 0. The average Bonchev–Trinajstić information content (AvgIpc) is 2.61. The van der Waals surface area contributed by atoms with Crippen molar-refractivity contribution in [1.82, 2.24) is 10.4 Å². The second-order valence-electron chi connectivity index (χ2n) is 2.94. The van der Waals surface area contributed by atoms with E-state index in [1.165, 1.54) is 6.34 Å². The Hall–Kier alpha value is -0.940. The zero-order valence-electron chi connectivity index (χ0n) is 7.68. The summed E-state index contributed by atoms with van der Waals surface area (Å²) in [7, 11) is 0. The fourth-order valence-corrected chi connectivity index (χ4v) is 1.44. The van der Waals surface area contributed by atoms with Crippen molar-refractivity contribution in [3.63, 3.8) is 0 Å². The molecule has 0 radical (unpaired) electrons. The lowest BCUT2D eigenvalue weighted by atomic mass is 10.1. The number of nitrogens with one attached hydrogen (secondary N) is 1. The molecule has 0 amide bonds.